The second-order valence-electron chi connectivity index (χ2n) is 9.79. The Morgan fingerprint density at radius 2 is 1.70 bits per heavy atom. The third-order valence-electron chi connectivity index (χ3n) is 7.07. The Balaban J connectivity index is 1.08. The molecule has 9 nitrogen and oxygen atoms in total. The van der Waals surface area contributed by atoms with Crippen LogP contribution in [0.2, 0.25) is 0 Å². The molecule has 1 fully saturated rings. The predicted molar refractivity (Wildman–Crippen MR) is 153 cm³/mol. The van der Waals surface area contributed by atoms with Gasteiger partial charge in [0.15, 0.2) is 11.2 Å². The van der Waals surface area contributed by atoms with Crippen molar-refractivity contribution in [3.05, 3.63) is 102 Å². The molecule has 1 N–H and O–H groups in total. The fraction of sp³-hybridized carbons (Fsp3) is 0.226. The molecule has 4 heterocycles. The highest BCUT2D eigenvalue weighted by atomic mass is 16.5. The number of pyridine rings is 2. The summed E-state index contributed by atoms with van der Waals surface area (Å²) in [4.78, 5) is 30.9. The lowest BCUT2D eigenvalue weighted by molar-refractivity contribution is 0.102. The van der Waals surface area contributed by atoms with Crippen LogP contribution in [0, 0.1) is 0 Å². The average molecular weight is 535 g/mol. The van der Waals surface area contributed by atoms with E-state index < -0.39 is 0 Å². The van der Waals surface area contributed by atoms with E-state index in [1.807, 2.05) is 18.2 Å². The molecule has 0 saturated carbocycles. The molecular formula is C31H30N6O3. The zero-order valence-corrected chi connectivity index (χ0v) is 22.3. The first kappa shape index (κ1) is 25.7. The van der Waals surface area contributed by atoms with Gasteiger partial charge in [-0.05, 0) is 42.0 Å². The van der Waals surface area contributed by atoms with Crippen molar-refractivity contribution in [2.24, 2.45) is 0 Å². The Labute approximate surface area is 232 Å². The maximum absolute atomic E-state index is 13.1. The molecule has 9 heteroatoms. The number of rotatable bonds is 8. The SMILES string of the molecule is COc1cc(C(=O)Nc2cc(-c3nc4ncccc4o3)ccn2)ccc1CN1CCN(Cc2ccccc2)CC1. The van der Waals surface area contributed by atoms with Crippen molar-refractivity contribution >= 4 is 23.0 Å². The van der Waals surface area contributed by atoms with Crippen LogP contribution in [0.4, 0.5) is 5.82 Å². The largest absolute Gasteiger partial charge is 0.496 e. The highest BCUT2D eigenvalue weighted by molar-refractivity contribution is 6.04. The summed E-state index contributed by atoms with van der Waals surface area (Å²) in [7, 11) is 1.64. The van der Waals surface area contributed by atoms with E-state index in [2.05, 4.69) is 60.4 Å². The second-order valence-corrected chi connectivity index (χ2v) is 9.79. The topological polar surface area (TPSA) is 96.6 Å². The molecule has 40 heavy (non-hydrogen) atoms. The maximum Gasteiger partial charge on any atom is 0.256 e. The zero-order chi connectivity index (χ0) is 27.3. The number of benzene rings is 2. The van der Waals surface area contributed by atoms with Crippen LogP contribution >= 0.6 is 0 Å². The summed E-state index contributed by atoms with van der Waals surface area (Å²) in [6.07, 6.45) is 3.27. The number of piperazine rings is 1. The number of carbonyl (C=O) groups is 1. The molecule has 0 unspecified atom stereocenters. The molecule has 0 radical (unpaired) electrons. The van der Waals surface area contributed by atoms with Crippen molar-refractivity contribution in [3.8, 4) is 17.2 Å². The summed E-state index contributed by atoms with van der Waals surface area (Å²) in [6, 6.07) is 23.3. The van der Waals surface area contributed by atoms with E-state index in [0.717, 1.165) is 44.8 Å². The van der Waals surface area contributed by atoms with Gasteiger partial charge in [0.05, 0.1) is 7.11 Å². The number of fused-ring (bicyclic) bond motifs is 1. The van der Waals surface area contributed by atoms with Crippen LogP contribution in [0.3, 0.4) is 0 Å². The van der Waals surface area contributed by atoms with Crippen LogP contribution < -0.4 is 10.1 Å². The Bertz CT molecular complexity index is 1580. The second kappa shape index (κ2) is 11.6. The summed E-state index contributed by atoms with van der Waals surface area (Å²) < 4.78 is 11.5. The van der Waals surface area contributed by atoms with Gasteiger partial charge >= 0.3 is 0 Å². The van der Waals surface area contributed by atoms with E-state index in [0.29, 0.717) is 39.8 Å². The Morgan fingerprint density at radius 3 is 2.48 bits per heavy atom. The van der Waals surface area contributed by atoms with Crippen molar-refractivity contribution in [3.63, 3.8) is 0 Å². The van der Waals surface area contributed by atoms with E-state index in [9.17, 15) is 4.79 Å². The minimum absolute atomic E-state index is 0.275. The van der Waals surface area contributed by atoms with Crippen LogP contribution in [-0.4, -0.2) is 63.9 Å². The van der Waals surface area contributed by atoms with Crippen LogP contribution in [0.5, 0.6) is 5.75 Å². The first-order valence-corrected chi connectivity index (χ1v) is 13.3. The average Bonchev–Trinajstić information content (AvgIpc) is 3.44. The third-order valence-corrected chi connectivity index (χ3v) is 7.07. The lowest BCUT2D eigenvalue weighted by Gasteiger charge is -2.35. The molecule has 0 spiro atoms. The third kappa shape index (κ3) is 5.85. The number of aromatic nitrogens is 3. The molecule has 0 bridgehead atoms. The molecule has 5 aromatic rings. The molecule has 2 aromatic carbocycles. The maximum atomic E-state index is 13.1. The van der Waals surface area contributed by atoms with E-state index in [4.69, 9.17) is 9.15 Å². The first-order chi connectivity index (χ1) is 19.6. The summed E-state index contributed by atoms with van der Waals surface area (Å²) in [6.45, 7) is 5.75. The fourth-order valence-electron chi connectivity index (χ4n) is 4.92. The van der Waals surface area contributed by atoms with Crippen LogP contribution in [0.15, 0.2) is 89.6 Å². The van der Waals surface area contributed by atoms with Crippen molar-refractivity contribution in [2.75, 3.05) is 38.6 Å². The number of hydrogen-bond donors (Lipinski definition) is 1. The summed E-state index contributed by atoms with van der Waals surface area (Å²) in [5.41, 5.74) is 4.71. The van der Waals surface area contributed by atoms with Gasteiger partial charge in [-0.25, -0.2) is 9.97 Å². The number of ether oxygens (including phenoxy) is 1. The van der Waals surface area contributed by atoms with Crippen molar-refractivity contribution in [1.29, 1.82) is 0 Å². The monoisotopic (exact) mass is 534 g/mol. The van der Waals surface area contributed by atoms with Crippen LogP contribution in [0.25, 0.3) is 22.7 Å². The number of hydrogen-bond acceptors (Lipinski definition) is 8. The molecule has 1 amide bonds. The molecule has 6 rings (SSSR count). The van der Waals surface area contributed by atoms with E-state index in [1.165, 1.54) is 5.56 Å². The van der Waals surface area contributed by atoms with Gasteiger partial charge in [0, 0.05) is 68.4 Å². The zero-order valence-electron chi connectivity index (χ0n) is 22.3. The number of nitrogens with zero attached hydrogens (tertiary/aromatic N) is 5. The van der Waals surface area contributed by atoms with E-state index >= 15 is 0 Å². The molecule has 3 aromatic heterocycles. The van der Waals surface area contributed by atoms with Crippen molar-refractivity contribution in [1.82, 2.24) is 24.8 Å². The first-order valence-electron chi connectivity index (χ1n) is 13.3. The van der Waals surface area contributed by atoms with Gasteiger partial charge in [-0.15, -0.1) is 0 Å². The number of anilines is 1. The van der Waals surface area contributed by atoms with E-state index in [-0.39, 0.29) is 5.91 Å². The minimum Gasteiger partial charge on any atom is -0.496 e. The van der Waals surface area contributed by atoms with Crippen LogP contribution in [0.1, 0.15) is 21.5 Å². The molecule has 1 aliphatic heterocycles. The van der Waals surface area contributed by atoms with Gasteiger partial charge in [-0.3, -0.25) is 14.6 Å². The number of nitrogens with one attached hydrogen (secondary N) is 1. The molecular weight excluding hydrogens is 504 g/mol. The lowest BCUT2D eigenvalue weighted by Crippen LogP contribution is -2.45. The molecule has 0 aliphatic carbocycles. The standard InChI is InChI=1S/C31H30N6O3/c1-39-27-18-23(9-10-25(27)21-37-16-14-36(15-17-37)20-22-6-3-2-4-7-22)30(38)34-28-19-24(11-13-32-28)31-35-29-26(40-31)8-5-12-33-29/h2-13,18-19H,14-17,20-21H2,1H3,(H,32,34,38). The van der Waals surface area contributed by atoms with Gasteiger partial charge in [0.25, 0.3) is 5.91 Å². The Kier molecular flexibility index (Phi) is 7.47. The summed E-state index contributed by atoms with van der Waals surface area (Å²) in [5.74, 6) is 1.23. The summed E-state index contributed by atoms with van der Waals surface area (Å²) in [5, 5.41) is 2.87. The number of carbonyl (C=O) groups excluding carboxylic acids is 1. The van der Waals surface area contributed by atoms with Gasteiger partial charge in [-0.1, -0.05) is 36.4 Å². The van der Waals surface area contributed by atoms with Gasteiger partial charge in [-0.2, -0.15) is 4.98 Å². The Hall–Kier alpha value is -4.60. The van der Waals surface area contributed by atoms with Gasteiger partial charge in [0.1, 0.15) is 11.6 Å². The van der Waals surface area contributed by atoms with Crippen molar-refractivity contribution < 1.29 is 13.9 Å². The molecule has 1 saturated heterocycles. The highest BCUT2D eigenvalue weighted by Gasteiger charge is 2.19. The van der Waals surface area contributed by atoms with Gasteiger partial charge in [0.2, 0.25) is 5.89 Å². The van der Waals surface area contributed by atoms with Crippen LogP contribution in [-0.2, 0) is 13.1 Å². The van der Waals surface area contributed by atoms with Crippen molar-refractivity contribution in [2.45, 2.75) is 13.1 Å². The number of oxazole rings is 1. The fourth-order valence-corrected chi connectivity index (χ4v) is 4.92. The van der Waals surface area contributed by atoms with E-state index in [1.54, 1.807) is 43.8 Å². The Morgan fingerprint density at radius 1 is 0.900 bits per heavy atom. The quantitative estimate of drug-likeness (QED) is 0.301. The molecule has 202 valence electrons. The smallest absolute Gasteiger partial charge is 0.256 e. The molecule has 0 atom stereocenters. The number of methoxy groups -OCH3 is 1. The number of amides is 1. The predicted octanol–water partition coefficient (Wildman–Crippen LogP) is 4.86. The minimum atomic E-state index is -0.275. The normalized spacial score (nSPS) is 14.3. The highest BCUT2D eigenvalue weighted by Crippen LogP contribution is 2.26. The molecule has 1 aliphatic rings. The van der Waals surface area contributed by atoms with Gasteiger partial charge < -0.3 is 14.5 Å². The summed E-state index contributed by atoms with van der Waals surface area (Å²) >= 11 is 0. The lowest BCUT2D eigenvalue weighted by atomic mass is 10.1.